The van der Waals surface area contributed by atoms with Crippen LogP contribution in [0.15, 0.2) is 45.1 Å². The number of rotatable bonds is 4. The van der Waals surface area contributed by atoms with Crippen LogP contribution in [0.5, 0.6) is 0 Å². The van der Waals surface area contributed by atoms with Crippen LogP contribution in [-0.2, 0) is 9.53 Å². The van der Waals surface area contributed by atoms with Crippen molar-refractivity contribution in [1.29, 1.82) is 0 Å². The Kier molecular flexibility index (Phi) is 3.80. The third-order valence-electron chi connectivity index (χ3n) is 3.13. The molecule has 0 aliphatic carbocycles. The van der Waals surface area contributed by atoms with Gasteiger partial charge in [-0.05, 0) is 45.4 Å². The van der Waals surface area contributed by atoms with Crippen molar-refractivity contribution in [2.24, 2.45) is 0 Å². The van der Waals surface area contributed by atoms with Crippen molar-refractivity contribution in [3.8, 4) is 0 Å². The number of anilines is 1. The van der Waals surface area contributed by atoms with E-state index in [-0.39, 0.29) is 6.61 Å². The zero-order valence-corrected chi connectivity index (χ0v) is 13.2. The molecule has 0 aromatic carbocycles. The number of esters is 1. The van der Waals surface area contributed by atoms with Gasteiger partial charge in [-0.2, -0.15) is 4.68 Å². The molecular formula is C13H12BrN5O3. The fraction of sp³-hybridized carbons (Fsp3) is 0.231. The highest BCUT2D eigenvalue weighted by atomic mass is 79.9. The Hall–Kier alpha value is -2.42. The maximum atomic E-state index is 12.4. The van der Waals surface area contributed by atoms with Gasteiger partial charge in [0.1, 0.15) is 18.4 Å². The highest BCUT2D eigenvalue weighted by Crippen LogP contribution is 2.36. The van der Waals surface area contributed by atoms with Crippen LogP contribution in [0, 0.1) is 0 Å². The van der Waals surface area contributed by atoms with E-state index in [9.17, 15) is 4.79 Å². The molecule has 114 valence electrons. The Bertz CT molecular complexity index is 763. The van der Waals surface area contributed by atoms with E-state index >= 15 is 0 Å². The van der Waals surface area contributed by atoms with Crippen LogP contribution in [0.4, 0.5) is 5.95 Å². The van der Waals surface area contributed by atoms with Crippen LogP contribution >= 0.6 is 15.9 Å². The van der Waals surface area contributed by atoms with Crippen LogP contribution in [0.2, 0.25) is 0 Å². The number of allylic oxidation sites excluding steroid dienone is 1. The Morgan fingerprint density at radius 1 is 1.64 bits per heavy atom. The lowest BCUT2D eigenvalue weighted by Gasteiger charge is -2.25. The quantitative estimate of drug-likeness (QED) is 0.654. The predicted octanol–water partition coefficient (Wildman–Crippen LogP) is 2.05. The zero-order valence-electron chi connectivity index (χ0n) is 11.6. The van der Waals surface area contributed by atoms with E-state index in [2.05, 4.69) is 43.4 Å². The summed E-state index contributed by atoms with van der Waals surface area (Å²) in [6.45, 7) is 5.41. The third-order valence-corrected chi connectivity index (χ3v) is 3.56. The van der Waals surface area contributed by atoms with E-state index in [1.54, 1.807) is 19.1 Å². The summed E-state index contributed by atoms with van der Waals surface area (Å²) in [6, 6.07) is 2.89. The Morgan fingerprint density at radius 2 is 2.45 bits per heavy atom. The van der Waals surface area contributed by atoms with Crippen molar-refractivity contribution in [3.05, 3.63) is 46.5 Å². The lowest BCUT2D eigenvalue weighted by atomic mass is 10.0. The molecule has 0 saturated carbocycles. The first-order chi connectivity index (χ1) is 10.6. The number of fused-ring (bicyclic) bond motifs is 1. The number of ether oxygens (including phenoxy) is 1. The van der Waals surface area contributed by atoms with Gasteiger partial charge >= 0.3 is 5.97 Å². The minimum atomic E-state index is -0.602. The second kappa shape index (κ2) is 5.76. The molecule has 2 aromatic heterocycles. The van der Waals surface area contributed by atoms with Gasteiger partial charge in [-0.15, -0.1) is 0 Å². The fourth-order valence-electron chi connectivity index (χ4n) is 2.23. The Labute approximate surface area is 133 Å². The SMILES string of the molecule is C=CCOC(=O)C1=C(C)Nc2nnnn2C1c1ccc(Br)o1. The molecule has 0 saturated heterocycles. The first kappa shape index (κ1) is 14.5. The molecule has 8 nitrogen and oxygen atoms in total. The molecule has 1 atom stereocenters. The summed E-state index contributed by atoms with van der Waals surface area (Å²) in [4.78, 5) is 12.4. The molecule has 22 heavy (non-hydrogen) atoms. The van der Waals surface area contributed by atoms with Crippen LogP contribution in [-0.4, -0.2) is 32.8 Å². The maximum Gasteiger partial charge on any atom is 0.338 e. The van der Waals surface area contributed by atoms with Crippen molar-refractivity contribution in [3.63, 3.8) is 0 Å². The molecule has 1 aliphatic rings. The van der Waals surface area contributed by atoms with E-state index in [1.807, 2.05) is 0 Å². The number of aromatic nitrogens is 4. The van der Waals surface area contributed by atoms with Gasteiger partial charge in [-0.25, -0.2) is 4.79 Å². The molecule has 2 aromatic rings. The summed E-state index contributed by atoms with van der Waals surface area (Å²) in [5, 5.41) is 14.4. The summed E-state index contributed by atoms with van der Waals surface area (Å²) in [5.74, 6) is 0.464. The topological polar surface area (TPSA) is 95.1 Å². The van der Waals surface area contributed by atoms with Crippen molar-refractivity contribution < 1.29 is 13.9 Å². The van der Waals surface area contributed by atoms with E-state index < -0.39 is 12.0 Å². The molecule has 1 aliphatic heterocycles. The second-order valence-electron chi connectivity index (χ2n) is 4.54. The predicted molar refractivity (Wildman–Crippen MR) is 79.8 cm³/mol. The van der Waals surface area contributed by atoms with Crippen LogP contribution in [0.25, 0.3) is 0 Å². The number of nitrogens with one attached hydrogen (secondary N) is 1. The minimum absolute atomic E-state index is 0.118. The number of carbonyl (C=O) groups is 1. The second-order valence-corrected chi connectivity index (χ2v) is 5.32. The number of halogens is 1. The van der Waals surface area contributed by atoms with E-state index in [1.165, 1.54) is 10.8 Å². The molecule has 1 unspecified atom stereocenters. The van der Waals surface area contributed by atoms with Crippen LogP contribution in [0.3, 0.4) is 0 Å². The van der Waals surface area contributed by atoms with Crippen molar-refractivity contribution in [2.45, 2.75) is 13.0 Å². The lowest BCUT2D eigenvalue weighted by Crippen LogP contribution is -2.29. The Morgan fingerprint density at radius 3 is 3.14 bits per heavy atom. The Balaban J connectivity index is 2.08. The number of hydrogen-bond donors (Lipinski definition) is 1. The molecule has 1 N–H and O–H groups in total. The molecule has 0 spiro atoms. The van der Waals surface area contributed by atoms with Crippen LogP contribution < -0.4 is 5.32 Å². The minimum Gasteiger partial charge on any atom is -0.458 e. The van der Waals surface area contributed by atoms with Gasteiger partial charge in [-0.3, -0.25) is 0 Å². The van der Waals surface area contributed by atoms with Gasteiger partial charge in [0.15, 0.2) is 4.67 Å². The monoisotopic (exact) mass is 365 g/mol. The average molecular weight is 366 g/mol. The van der Waals surface area contributed by atoms with Crippen molar-refractivity contribution >= 4 is 27.8 Å². The normalized spacial score (nSPS) is 16.9. The molecular weight excluding hydrogens is 354 g/mol. The fourth-order valence-corrected chi connectivity index (χ4v) is 2.55. The molecule has 0 bridgehead atoms. The van der Waals surface area contributed by atoms with E-state index in [0.29, 0.717) is 27.6 Å². The molecule has 9 heteroatoms. The number of nitrogens with zero attached hydrogens (tertiary/aromatic N) is 4. The van der Waals surface area contributed by atoms with Gasteiger partial charge in [0.25, 0.3) is 0 Å². The summed E-state index contributed by atoms with van der Waals surface area (Å²) in [7, 11) is 0. The van der Waals surface area contributed by atoms with Crippen molar-refractivity contribution in [1.82, 2.24) is 20.2 Å². The zero-order chi connectivity index (χ0) is 15.7. The average Bonchev–Trinajstić information content (AvgIpc) is 3.11. The molecule has 3 heterocycles. The maximum absolute atomic E-state index is 12.4. The summed E-state index contributed by atoms with van der Waals surface area (Å²) >= 11 is 3.25. The number of carbonyl (C=O) groups excluding carboxylic acids is 1. The lowest BCUT2D eigenvalue weighted by molar-refractivity contribution is -0.138. The number of furan rings is 1. The van der Waals surface area contributed by atoms with Crippen LogP contribution in [0.1, 0.15) is 18.7 Å². The highest BCUT2D eigenvalue weighted by molar-refractivity contribution is 9.10. The largest absolute Gasteiger partial charge is 0.458 e. The van der Waals surface area contributed by atoms with E-state index in [4.69, 9.17) is 9.15 Å². The van der Waals surface area contributed by atoms with Gasteiger partial charge in [0, 0.05) is 5.70 Å². The molecule has 0 radical (unpaired) electrons. The van der Waals surface area contributed by atoms with Crippen molar-refractivity contribution in [2.75, 3.05) is 11.9 Å². The summed E-state index contributed by atoms with van der Waals surface area (Å²) in [6.07, 6.45) is 1.50. The smallest absolute Gasteiger partial charge is 0.338 e. The highest BCUT2D eigenvalue weighted by Gasteiger charge is 2.36. The summed E-state index contributed by atoms with van der Waals surface area (Å²) < 4.78 is 12.8. The third kappa shape index (κ3) is 2.43. The first-order valence-electron chi connectivity index (χ1n) is 6.40. The van der Waals surface area contributed by atoms with Gasteiger partial charge in [0.05, 0.1) is 5.57 Å². The first-order valence-corrected chi connectivity index (χ1v) is 7.20. The molecule has 0 amide bonds. The van der Waals surface area contributed by atoms with Gasteiger partial charge in [-0.1, -0.05) is 17.8 Å². The molecule has 3 rings (SSSR count). The molecule has 0 fully saturated rings. The summed E-state index contributed by atoms with van der Waals surface area (Å²) in [5.41, 5.74) is 0.984. The van der Waals surface area contributed by atoms with Gasteiger partial charge < -0.3 is 14.5 Å². The van der Waals surface area contributed by atoms with E-state index in [0.717, 1.165) is 0 Å². The van der Waals surface area contributed by atoms with Gasteiger partial charge in [0.2, 0.25) is 5.95 Å². The number of tetrazole rings is 1. The number of hydrogen-bond acceptors (Lipinski definition) is 7. The standard InChI is InChI=1S/C13H12BrN5O3/c1-3-6-21-12(20)10-7(2)15-13-16-17-18-19(13)11(10)8-4-5-9(14)22-8/h3-5,11H,1,6H2,2H3,(H,15,16,18).